The molecule has 8 heteroatoms. The summed E-state index contributed by atoms with van der Waals surface area (Å²) in [6.45, 7) is 11.8. The van der Waals surface area contributed by atoms with Gasteiger partial charge in [-0.15, -0.1) is 34.2 Å². The Labute approximate surface area is 216 Å². The smallest absolute Gasteiger partial charge is 0.192 e. The highest BCUT2D eigenvalue weighted by Gasteiger charge is 2.17. The van der Waals surface area contributed by atoms with Gasteiger partial charge in [0.05, 0.1) is 19.2 Å². The van der Waals surface area contributed by atoms with Gasteiger partial charge in [-0.1, -0.05) is 38.8 Å². The first-order valence-corrected chi connectivity index (χ1v) is 12.0. The molecule has 1 fully saturated rings. The number of halogens is 1. The lowest BCUT2D eigenvalue weighted by molar-refractivity contribution is 0.191. The summed E-state index contributed by atoms with van der Waals surface area (Å²) < 4.78 is 8.32. The number of rotatable bonds is 9. The number of hydrogen-bond donors (Lipinski definition) is 2. The lowest BCUT2D eigenvalue weighted by atomic mass is 10.1. The minimum absolute atomic E-state index is 0. The van der Waals surface area contributed by atoms with Gasteiger partial charge in [0.1, 0.15) is 11.6 Å². The molecule has 1 aromatic heterocycles. The van der Waals surface area contributed by atoms with Crippen LogP contribution in [0, 0.1) is 19.8 Å². The van der Waals surface area contributed by atoms with Gasteiger partial charge in [-0.2, -0.15) is 0 Å². The van der Waals surface area contributed by atoms with Crippen molar-refractivity contribution in [2.75, 3.05) is 0 Å². The van der Waals surface area contributed by atoms with E-state index in [1.807, 2.05) is 18.5 Å². The fourth-order valence-electron chi connectivity index (χ4n) is 4.18. The number of aliphatic imine (C=N–C) groups is 1. The van der Waals surface area contributed by atoms with Crippen molar-refractivity contribution in [3.8, 4) is 5.75 Å². The van der Waals surface area contributed by atoms with E-state index in [-0.39, 0.29) is 30.1 Å². The summed E-state index contributed by atoms with van der Waals surface area (Å²) in [5.41, 5.74) is 2.30. The molecule has 0 spiro atoms. The summed E-state index contributed by atoms with van der Waals surface area (Å²) in [5, 5.41) is 15.5. The Morgan fingerprint density at radius 3 is 2.55 bits per heavy atom. The third kappa shape index (κ3) is 8.46. The van der Waals surface area contributed by atoms with Crippen LogP contribution in [0.5, 0.6) is 5.75 Å². The zero-order chi connectivity index (χ0) is 23.1. The summed E-state index contributed by atoms with van der Waals surface area (Å²) in [6, 6.07) is 6.86. The van der Waals surface area contributed by atoms with Crippen LogP contribution in [0.25, 0.3) is 0 Å². The van der Waals surface area contributed by atoms with E-state index >= 15 is 0 Å². The standard InChI is InChI=1S/C25H40N6O.HI/c1-17(2)13-19(4)32-23-14-18(3)11-12-21(23)15-26-25(28-22-9-7-8-10-22)27-16-24-30-29-20(5)31(24)6;/h11-12,14,17,19,22H,7-10,13,15-16H2,1-6H3,(H2,26,27,28);1H. The molecule has 2 aromatic rings. The van der Waals surface area contributed by atoms with Crippen LogP contribution in [-0.4, -0.2) is 32.9 Å². The highest BCUT2D eigenvalue weighted by Crippen LogP contribution is 2.24. The molecule has 1 aromatic carbocycles. The number of aromatic nitrogens is 3. The lowest BCUT2D eigenvalue weighted by Crippen LogP contribution is -2.42. The predicted molar refractivity (Wildman–Crippen MR) is 145 cm³/mol. The normalized spacial score (nSPS) is 15.4. The molecular weight excluding hydrogens is 527 g/mol. The van der Waals surface area contributed by atoms with Gasteiger partial charge in [0.15, 0.2) is 11.8 Å². The number of nitrogens with zero attached hydrogens (tertiary/aromatic N) is 4. The van der Waals surface area contributed by atoms with Crippen LogP contribution in [0.4, 0.5) is 0 Å². The zero-order valence-electron chi connectivity index (χ0n) is 21.0. The molecule has 33 heavy (non-hydrogen) atoms. The second kappa shape index (κ2) is 13.2. The molecule has 3 rings (SSSR count). The van der Waals surface area contributed by atoms with E-state index in [0.717, 1.165) is 35.3 Å². The third-order valence-electron chi connectivity index (χ3n) is 6.05. The van der Waals surface area contributed by atoms with E-state index < -0.39 is 0 Å². The van der Waals surface area contributed by atoms with E-state index in [9.17, 15) is 0 Å². The average Bonchev–Trinajstić information content (AvgIpc) is 3.35. The maximum atomic E-state index is 6.32. The minimum atomic E-state index is 0. The quantitative estimate of drug-likeness (QED) is 0.252. The van der Waals surface area contributed by atoms with Crippen molar-refractivity contribution < 1.29 is 4.74 Å². The first-order chi connectivity index (χ1) is 15.3. The molecule has 1 atom stereocenters. The molecule has 0 saturated heterocycles. The molecule has 184 valence electrons. The van der Waals surface area contributed by atoms with Crippen LogP contribution < -0.4 is 15.4 Å². The minimum Gasteiger partial charge on any atom is -0.490 e. The molecule has 7 nitrogen and oxygen atoms in total. The fraction of sp³-hybridized carbons (Fsp3) is 0.640. The van der Waals surface area contributed by atoms with Crippen LogP contribution in [0.3, 0.4) is 0 Å². The topological polar surface area (TPSA) is 76.4 Å². The summed E-state index contributed by atoms with van der Waals surface area (Å²) in [7, 11) is 1.99. The molecular formula is C25H41IN6O. The van der Waals surface area contributed by atoms with Crippen molar-refractivity contribution in [3.05, 3.63) is 41.0 Å². The number of ether oxygens (including phenoxy) is 1. The number of nitrogens with one attached hydrogen (secondary N) is 2. The van der Waals surface area contributed by atoms with Crippen LogP contribution in [0.2, 0.25) is 0 Å². The van der Waals surface area contributed by atoms with Crippen molar-refractivity contribution in [2.45, 2.75) is 92.0 Å². The van der Waals surface area contributed by atoms with Crippen LogP contribution in [0.15, 0.2) is 23.2 Å². The Hall–Kier alpha value is -1.84. The lowest BCUT2D eigenvalue weighted by Gasteiger charge is -2.20. The van der Waals surface area contributed by atoms with E-state index in [1.54, 1.807) is 0 Å². The van der Waals surface area contributed by atoms with Gasteiger partial charge in [-0.3, -0.25) is 0 Å². The first kappa shape index (κ1) is 27.4. The Bertz CT molecular complexity index is 904. The van der Waals surface area contributed by atoms with Gasteiger partial charge in [-0.05, 0) is 57.6 Å². The molecule has 0 amide bonds. The summed E-state index contributed by atoms with van der Waals surface area (Å²) in [4.78, 5) is 4.92. The Balaban J connectivity index is 0.00000385. The second-order valence-electron chi connectivity index (χ2n) is 9.54. The number of benzene rings is 1. The molecule has 2 N–H and O–H groups in total. The largest absolute Gasteiger partial charge is 0.490 e. The van der Waals surface area contributed by atoms with E-state index in [4.69, 9.17) is 9.73 Å². The zero-order valence-corrected chi connectivity index (χ0v) is 23.3. The van der Waals surface area contributed by atoms with Gasteiger partial charge in [0.25, 0.3) is 0 Å². The highest BCUT2D eigenvalue weighted by atomic mass is 127. The maximum Gasteiger partial charge on any atom is 0.192 e. The molecule has 1 aliphatic rings. The van der Waals surface area contributed by atoms with E-state index in [1.165, 1.54) is 31.2 Å². The third-order valence-corrected chi connectivity index (χ3v) is 6.05. The number of aryl methyl sites for hydroxylation is 2. The van der Waals surface area contributed by atoms with Crippen molar-refractivity contribution >= 4 is 29.9 Å². The highest BCUT2D eigenvalue weighted by molar-refractivity contribution is 14.0. The first-order valence-electron chi connectivity index (χ1n) is 12.0. The van der Waals surface area contributed by atoms with E-state index in [2.05, 4.69) is 66.7 Å². The molecule has 1 unspecified atom stereocenters. The fourth-order valence-corrected chi connectivity index (χ4v) is 4.18. The van der Waals surface area contributed by atoms with Crippen LogP contribution in [-0.2, 0) is 20.1 Å². The molecule has 1 aliphatic carbocycles. The monoisotopic (exact) mass is 568 g/mol. The van der Waals surface area contributed by atoms with Crippen molar-refractivity contribution in [2.24, 2.45) is 18.0 Å². The molecule has 1 saturated carbocycles. The molecule has 0 bridgehead atoms. The number of guanidine groups is 1. The Morgan fingerprint density at radius 2 is 1.91 bits per heavy atom. The Kier molecular flexibility index (Phi) is 10.9. The van der Waals surface area contributed by atoms with Crippen LogP contribution in [0.1, 0.15) is 75.7 Å². The summed E-state index contributed by atoms with van der Waals surface area (Å²) >= 11 is 0. The van der Waals surface area contributed by atoms with Crippen molar-refractivity contribution in [1.29, 1.82) is 0 Å². The second-order valence-corrected chi connectivity index (χ2v) is 9.54. The summed E-state index contributed by atoms with van der Waals surface area (Å²) in [5.74, 6) is 4.16. The van der Waals surface area contributed by atoms with Crippen molar-refractivity contribution in [3.63, 3.8) is 0 Å². The van der Waals surface area contributed by atoms with Crippen molar-refractivity contribution in [1.82, 2.24) is 25.4 Å². The van der Waals surface area contributed by atoms with Gasteiger partial charge >= 0.3 is 0 Å². The summed E-state index contributed by atoms with van der Waals surface area (Å²) in [6.07, 6.45) is 6.14. The van der Waals surface area contributed by atoms with Gasteiger partial charge in [0.2, 0.25) is 0 Å². The van der Waals surface area contributed by atoms with Gasteiger partial charge in [0, 0.05) is 18.7 Å². The molecule has 0 aliphatic heterocycles. The number of hydrogen-bond acceptors (Lipinski definition) is 4. The van der Waals surface area contributed by atoms with E-state index in [0.29, 0.717) is 25.0 Å². The average molecular weight is 569 g/mol. The molecule has 0 radical (unpaired) electrons. The SMILES string of the molecule is Cc1ccc(CN=C(NCc2nnc(C)n2C)NC2CCCC2)c(OC(C)CC(C)C)c1.I. The van der Waals surface area contributed by atoms with Gasteiger partial charge in [-0.25, -0.2) is 4.99 Å². The van der Waals surface area contributed by atoms with Gasteiger partial charge < -0.3 is 19.9 Å². The maximum absolute atomic E-state index is 6.32. The predicted octanol–water partition coefficient (Wildman–Crippen LogP) is 5.04. The Morgan fingerprint density at radius 1 is 1.18 bits per heavy atom. The molecule has 1 heterocycles. The van der Waals surface area contributed by atoms with Crippen LogP contribution >= 0.6 is 24.0 Å².